The first-order chi connectivity index (χ1) is 14.3. The number of carbonyl (C=O) groups is 1. The highest BCUT2D eigenvalue weighted by molar-refractivity contribution is 5.94. The van der Waals surface area contributed by atoms with E-state index in [4.69, 9.17) is 0 Å². The third-order valence-electron chi connectivity index (χ3n) is 5.74. The SMILES string of the molecule is O=C(NC1CCN(CCn2nc3n(c2=O)CCCC3)C1)c1ccc(C(F)(F)F)cc1. The monoisotopic (exact) mass is 423 g/mol. The predicted octanol–water partition coefficient (Wildman–Crippen LogP) is 1.90. The van der Waals surface area contributed by atoms with Gasteiger partial charge in [-0.1, -0.05) is 0 Å². The maximum Gasteiger partial charge on any atom is 0.416 e. The van der Waals surface area contributed by atoms with Crippen molar-refractivity contribution >= 4 is 5.91 Å². The number of likely N-dealkylation sites (tertiary alicyclic amines) is 1. The lowest BCUT2D eigenvalue weighted by Gasteiger charge is -2.16. The second-order valence-electron chi connectivity index (χ2n) is 7.87. The normalized spacial score (nSPS) is 19.6. The number of hydrogen-bond acceptors (Lipinski definition) is 4. The molecule has 1 aromatic carbocycles. The maximum absolute atomic E-state index is 12.6. The zero-order valence-corrected chi connectivity index (χ0v) is 16.5. The molecule has 0 bridgehead atoms. The zero-order valence-electron chi connectivity index (χ0n) is 16.5. The van der Waals surface area contributed by atoms with Crippen LogP contribution in [-0.2, 0) is 25.7 Å². The van der Waals surface area contributed by atoms with Crippen LogP contribution in [0, 0.1) is 0 Å². The first kappa shape index (κ1) is 20.6. The van der Waals surface area contributed by atoms with Gasteiger partial charge in [-0.05, 0) is 43.5 Å². The molecule has 30 heavy (non-hydrogen) atoms. The van der Waals surface area contributed by atoms with Crippen LogP contribution in [0.2, 0.25) is 0 Å². The fourth-order valence-electron chi connectivity index (χ4n) is 4.06. The smallest absolute Gasteiger partial charge is 0.348 e. The van der Waals surface area contributed by atoms with Gasteiger partial charge in [0.25, 0.3) is 5.91 Å². The molecule has 2 aliphatic heterocycles. The van der Waals surface area contributed by atoms with E-state index < -0.39 is 11.7 Å². The molecule has 3 heterocycles. The van der Waals surface area contributed by atoms with Gasteiger partial charge in [-0.25, -0.2) is 9.48 Å². The van der Waals surface area contributed by atoms with E-state index in [-0.39, 0.29) is 23.2 Å². The molecule has 1 saturated heterocycles. The quantitative estimate of drug-likeness (QED) is 0.798. The molecule has 1 aromatic heterocycles. The van der Waals surface area contributed by atoms with E-state index in [0.29, 0.717) is 19.6 Å². The molecule has 162 valence electrons. The lowest BCUT2D eigenvalue weighted by atomic mass is 10.1. The second-order valence-corrected chi connectivity index (χ2v) is 7.87. The standard InChI is InChI=1S/C20H24F3N5O2/c21-20(22,23)15-6-4-14(5-7-15)18(29)24-16-8-10-26(13-16)11-12-28-19(30)27-9-2-1-3-17(27)25-28/h4-7,16H,1-3,8-13H2,(H,24,29). The van der Waals surface area contributed by atoms with Gasteiger partial charge < -0.3 is 5.32 Å². The maximum atomic E-state index is 12.6. The number of nitrogens with zero attached hydrogens (tertiary/aromatic N) is 4. The van der Waals surface area contributed by atoms with E-state index in [2.05, 4.69) is 15.3 Å². The third kappa shape index (κ3) is 4.43. The molecule has 10 heteroatoms. The van der Waals surface area contributed by atoms with Gasteiger partial charge in [-0.15, -0.1) is 0 Å². The molecule has 1 N–H and O–H groups in total. The van der Waals surface area contributed by atoms with Crippen molar-refractivity contribution in [1.29, 1.82) is 0 Å². The summed E-state index contributed by atoms with van der Waals surface area (Å²) in [5.41, 5.74) is -0.630. The van der Waals surface area contributed by atoms with Gasteiger partial charge in [0.1, 0.15) is 5.82 Å². The number of amides is 1. The van der Waals surface area contributed by atoms with Gasteiger partial charge >= 0.3 is 11.9 Å². The molecule has 2 aromatic rings. The molecule has 4 rings (SSSR count). The van der Waals surface area contributed by atoms with Crippen molar-refractivity contribution in [2.45, 2.75) is 51.0 Å². The van der Waals surface area contributed by atoms with Crippen molar-refractivity contribution < 1.29 is 18.0 Å². The topological polar surface area (TPSA) is 72.2 Å². The van der Waals surface area contributed by atoms with E-state index in [0.717, 1.165) is 56.7 Å². The number of hydrogen-bond donors (Lipinski definition) is 1. The summed E-state index contributed by atoms with van der Waals surface area (Å²) in [6.07, 6.45) is -0.768. The van der Waals surface area contributed by atoms with Crippen molar-refractivity contribution in [3.05, 3.63) is 51.7 Å². The largest absolute Gasteiger partial charge is 0.416 e. The Morgan fingerprint density at radius 3 is 2.60 bits per heavy atom. The highest BCUT2D eigenvalue weighted by Crippen LogP contribution is 2.29. The molecule has 1 fully saturated rings. The zero-order chi connectivity index (χ0) is 21.3. The first-order valence-electron chi connectivity index (χ1n) is 10.2. The van der Waals surface area contributed by atoms with E-state index in [1.807, 2.05) is 0 Å². The Hall–Kier alpha value is -2.62. The van der Waals surface area contributed by atoms with Gasteiger partial charge in [0.15, 0.2) is 0 Å². The fourth-order valence-corrected chi connectivity index (χ4v) is 4.06. The Bertz CT molecular complexity index is 964. The van der Waals surface area contributed by atoms with Gasteiger partial charge in [0, 0.05) is 44.2 Å². The molecule has 7 nitrogen and oxygen atoms in total. The molecule has 1 atom stereocenters. The molecule has 0 radical (unpaired) electrons. The van der Waals surface area contributed by atoms with Gasteiger partial charge in [0.05, 0.1) is 12.1 Å². The van der Waals surface area contributed by atoms with E-state index in [1.165, 1.54) is 16.8 Å². The summed E-state index contributed by atoms with van der Waals surface area (Å²) in [5.74, 6) is 0.475. The molecule has 1 unspecified atom stereocenters. The Morgan fingerprint density at radius 2 is 1.90 bits per heavy atom. The molecule has 0 aliphatic carbocycles. The van der Waals surface area contributed by atoms with Crippen LogP contribution in [0.5, 0.6) is 0 Å². The highest BCUT2D eigenvalue weighted by Gasteiger charge is 2.30. The summed E-state index contributed by atoms with van der Waals surface area (Å²) in [6, 6.07) is 4.14. The summed E-state index contributed by atoms with van der Waals surface area (Å²) in [5, 5.41) is 7.32. The number of aromatic nitrogens is 3. The van der Waals surface area contributed by atoms with Crippen LogP contribution < -0.4 is 11.0 Å². The molecule has 1 amide bonds. The van der Waals surface area contributed by atoms with Gasteiger partial charge in [-0.2, -0.15) is 18.3 Å². The van der Waals surface area contributed by atoms with E-state index in [9.17, 15) is 22.8 Å². The van der Waals surface area contributed by atoms with Crippen LogP contribution in [-0.4, -0.2) is 50.8 Å². The van der Waals surface area contributed by atoms with Crippen LogP contribution in [0.25, 0.3) is 0 Å². The minimum absolute atomic E-state index is 0.0592. The Balaban J connectivity index is 1.28. The van der Waals surface area contributed by atoms with Crippen LogP contribution in [0.4, 0.5) is 13.2 Å². The summed E-state index contributed by atoms with van der Waals surface area (Å²) in [6.45, 7) is 3.30. The molecular weight excluding hydrogens is 399 g/mol. The van der Waals surface area contributed by atoms with Crippen molar-refractivity contribution in [2.24, 2.45) is 0 Å². The minimum Gasteiger partial charge on any atom is -0.348 e. The Labute approximate surface area is 171 Å². The number of rotatable bonds is 5. The average Bonchev–Trinajstić information content (AvgIpc) is 3.30. The van der Waals surface area contributed by atoms with Crippen LogP contribution in [0.1, 0.15) is 41.0 Å². The van der Waals surface area contributed by atoms with Crippen molar-refractivity contribution in [3.8, 4) is 0 Å². The Morgan fingerprint density at radius 1 is 1.13 bits per heavy atom. The van der Waals surface area contributed by atoms with Crippen LogP contribution in [0.3, 0.4) is 0 Å². The number of benzene rings is 1. The Kier molecular flexibility index (Phi) is 5.68. The molecular formula is C20H24F3N5O2. The minimum atomic E-state index is -4.42. The number of nitrogens with one attached hydrogen (secondary N) is 1. The van der Waals surface area contributed by atoms with E-state index in [1.54, 1.807) is 4.57 Å². The number of carbonyl (C=O) groups excluding carboxylic acids is 1. The summed E-state index contributed by atoms with van der Waals surface area (Å²) >= 11 is 0. The van der Waals surface area contributed by atoms with Gasteiger partial charge in [-0.3, -0.25) is 14.3 Å². The first-order valence-corrected chi connectivity index (χ1v) is 10.2. The van der Waals surface area contributed by atoms with Crippen LogP contribution in [0.15, 0.2) is 29.1 Å². The molecule has 0 saturated carbocycles. The summed E-state index contributed by atoms with van der Waals surface area (Å²) in [7, 11) is 0. The fraction of sp³-hybridized carbons (Fsp3) is 0.550. The average molecular weight is 423 g/mol. The number of alkyl halides is 3. The summed E-state index contributed by atoms with van der Waals surface area (Å²) < 4.78 is 41.2. The molecule has 0 spiro atoms. The van der Waals surface area contributed by atoms with Crippen molar-refractivity contribution in [3.63, 3.8) is 0 Å². The number of halogens is 3. The second kappa shape index (κ2) is 8.25. The van der Waals surface area contributed by atoms with Crippen molar-refractivity contribution in [1.82, 2.24) is 24.6 Å². The lowest BCUT2D eigenvalue weighted by molar-refractivity contribution is -0.137. The molecule has 2 aliphatic rings. The number of fused-ring (bicyclic) bond motifs is 1. The van der Waals surface area contributed by atoms with E-state index >= 15 is 0 Å². The highest BCUT2D eigenvalue weighted by atomic mass is 19.4. The number of aryl methyl sites for hydroxylation is 1. The third-order valence-corrected chi connectivity index (χ3v) is 5.74. The van der Waals surface area contributed by atoms with Gasteiger partial charge in [0.2, 0.25) is 0 Å². The lowest BCUT2D eigenvalue weighted by Crippen LogP contribution is -2.38. The predicted molar refractivity (Wildman–Crippen MR) is 103 cm³/mol. The van der Waals surface area contributed by atoms with Crippen LogP contribution >= 0.6 is 0 Å². The van der Waals surface area contributed by atoms with Crippen molar-refractivity contribution in [2.75, 3.05) is 19.6 Å². The summed E-state index contributed by atoms with van der Waals surface area (Å²) in [4.78, 5) is 26.9.